The van der Waals surface area contributed by atoms with Crippen LogP contribution >= 0.6 is 15.6 Å². The molecule has 0 spiro atoms. The maximum Gasteiger partial charge on any atom is 0.472 e. The zero-order chi connectivity index (χ0) is 64.4. The van der Waals surface area contributed by atoms with Crippen LogP contribution in [-0.2, 0) is 36.7 Å². The van der Waals surface area contributed by atoms with Crippen LogP contribution in [0, 0.1) is 0 Å². The van der Waals surface area contributed by atoms with E-state index in [0.29, 0.717) is 12.8 Å². The second-order valence-electron chi connectivity index (χ2n) is 24.7. The smallest absolute Gasteiger partial charge is 0.472 e. The van der Waals surface area contributed by atoms with Crippen LogP contribution in [0.1, 0.15) is 245 Å². The molecule has 0 radical (unpaired) electrons. The van der Waals surface area contributed by atoms with Crippen molar-refractivity contribution in [1.29, 1.82) is 0 Å². The van der Waals surface area contributed by atoms with Crippen LogP contribution in [0.2, 0.25) is 0 Å². The third-order valence-electron chi connectivity index (χ3n) is 17.2. The van der Waals surface area contributed by atoms with Gasteiger partial charge in [0.1, 0.15) is 97.7 Å². The molecular weight excluding hydrogens is 1180 g/mol. The summed E-state index contributed by atoms with van der Waals surface area (Å²) in [5.41, 5.74) is 0. The van der Waals surface area contributed by atoms with Crippen molar-refractivity contribution in [2.24, 2.45) is 4.99 Å². The predicted molar refractivity (Wildman–Crippen MR) is 319 cm³/mol. The number of nitrogens with zero attached hydrogens (tertiary/aromatic N) is 1. The number of hydrogen-bond donors (Lipinski definition) is 14. The number of ether oxygens (including phenoxy) is 2. The molecule has 0 aromatic rings. The minimum atomic E-state index is -5.78. The van der Waals surface area contributed by atoms with E-state index >= 15 is 0 Å². The largest absolute Gasteiger partial charge is 0.862 e. The fourth-order valence-electron chi connectivity index (χ4n) is 11.6. The fraction of sp³-hybridized carbons (Fsp3) is 0.983. The molecule has 4 unspecified atom stereocenters. The average Bonchev–Trinajstić information content (AvgIpc) is 1.24. The second kappa shape index (κ2) is 44.6. The quantitative estimate of drug-likeness (QED) is 0.0174. The van der Waals surface area contributed by atoms with Gasteiger partial charge < -0.3 is 99.8 Å². The first-order chi connectivity index (χ1) is 41.5. The summed E-state index contributed by atoms with van der Waals surface area (Å²) in [6.45, 7) is 2.27. The minimum Gasteiger partial charge on any atom is -0.862 e. The molecule has 87 heavy (non-hydrogen) atoms. The van der Waals surface area contributed by atoms with Crippen molar-refractivity contribution in [3.8, 4) is 0 Å². The molecule has 2 saturated carbocycles. The zero-order valence-corrected chi connectivity index (χ0v) is 53.8. The molecular formula is C60H115NO24P2-2. The molecule has 21 atom stereocenters. The van der Waals surface area contributed by atoms with Crippen LogP contribution in [0.15, 0.2) is 4.99 Å². The number of hydrogen-bond acceptors (Lipinski definition) is 24. The van der Waals surface area contributed by atoms with E-state index in [1.165, 1.54) is 141 Å². The lowest BCUT2D eigenvalue weighted by Crippen LogP contribution is -2.67. The summed E-state index contributed by atoms with van der Waals surface area (Å²) >= 11 is 0. The first-order valence-electron chi connectivity index (χ1n) is 33.2. The summed E-state index contributed by atoms with van der Waals surface area (Å²) < 4.78 is 57.5. The number of phosphoric acid groups is 2. The number of phosphoric ester groups is 2. The number of aliphatic hydroxyl groups is 13. The third kappa shape index (κ3) is 30.4. The Morgan fingerprint density at radius 1 is 0.448 bits per heavy atom. The molecule has 516 valence electrons. The van der Waals surface area contributed by atoms with E-state index in [2.05, 4.69) is 18.8 Å². The van der Waals surface area contributed by atoms with Gasteiger partial charge in [-0.3, -0.25) is 18.6 Å². The van der Waals surface area contributed by atoms with Crippen molar-refractivity contribution >= 4 is 21.5 Å². The molecule has 1 heterocycles. The van der Waals surface area contributed by atoms with Gasteiger partial charge in [0.15, 0.2) is 6.29 Å². The summed E-state index contributed by atoms with van der Waals surface area (Å²) in [5, 5.41) is 151. The Morgan fingerprint density at radius 2 is 0.793 bits per heavy atom. The van der Waals surface area contributed by atoms with E-state index in [1.807, 2.05) is 0 Å². The Morgan fingerprint density at radius 3 is 1.21 bits per heavy atom. The molecule has 0 bridgehead atoms. The molecule has 0 amide bonds. The van der Waals surface area contributed by atoms with Gasteiger partial charge >= 0.3 is 7.82 Å². The Kier molecular flexibility index (Phi) is 41.2. The number of rotatable bonds is 50. The van der Waals surface area contributed by atoms with E-state index in [-0.39, 0.29) is 12.8 Å². The summed E-state index contributed by atoms with van der Waals surface area (Å²) in [4.78, 5) is 28.2. The predicted octanol–water partition coefficient (Wildman–Crippen LogP) is 4.40. The maximum absolute atomic E-state index is 13.7. The fourth-order valence-corrected chi connectivity index (χ4v) is 13.5. The second-order valence-corrected chi connectivity index (χ2v) is 27.5. The minimum absolute atomic E-state index is 0.0370. The highest BCUT2D eigenvalue weighted by Gasteiger charge is 2.56. The van der Waals surface area contributed by atoms with Gasteiger partial charge in [-0.1, -0.05) is 226 Å². The third-order valence-corrected chi connectivity index (χ3v) is 19.2. The van der Waals surface area contributed by atoms with Crippen LogP contribution in [-0.4, -0.2) is 206 Å². The molecule has 0 aromatic heterocycles. The van der Waals surface area contributed by atoms with Crippen molar-refractivity contribution in [3.05, 3.63) is 0 Å². The summed E-state index contributed by atoms with van der Waals surface area (Å²) in [5.74, 6) is -0.581. The molecule has 3 aliphatic rings. The van der Waals surface area contributed by atoms with Gasteiger partial charge in [-0.2, -0.15) is 0 Å². The average molecular weight is 1300 g/mol. The number of aliphatic hydroxyl groups excluding tert-OH is 13. The van der Waals surface area contributed by atoms with Gasteiger partial charge in [0.2, 0.25) is 0 Å². The standard InChI is InChI=1S/C60H117NO24P2/c1-3-5-7-9-11-13-15-17-18-19-20-21-22-23-24-26-28-30-32-34-36-38-44(63)61-41(42(62)37-35-33-31-29-27-25-16-14-12-10-8-6-4-2)39-80-86(76,77)85-59-55(74)51(70)50(69)54(73)58(59)83-60-56(75)46(65)45(64)43(82-60)40-81-87(78,79)84-57-52(71)48(67)47(66)49(68)53(57)72/h41-43,45-60,62,64-75H,3-40H2,1-2H3,(H,61,63)(H,76,77)(H,78,79)/p-2/t41-,42+,43+,45+,46-,47?,48-,49+,50+,51+,52+,53+,54-,55+,56-,57?,58+,59+,60-/m0/s1. The van der Waals surface area contributed by atoms with E-state index in [1.54, 1.807) is 0 Å². The molecule has 0 aromatic carbocycles. The van der Waals surface area contributed by atoms with E-state index < -0.39 is 151 Å². The Hall–Kier alpha value is -0.910. The van der Waals surface area contributed by atoms with Crippen molar-refractivity contribution in [2.45, 2.75) is 361 Å². The van der Waals surface area contributed by atoms with Gasteiger partial charge in [-0.25, -0.2) is 4.57 Å². The van der Waals surface area contributed by atoms with Gasteiger partial charge in [0, 0.05) is 0 Å². The van der Waals surface area contributed by atoms with Crippen molar-refractivity contribution in [2.75, 3.05) is 13.2 Å². The highest BCUT2D eigenvalue weighted by atomic mass is 31.2. The Balaban J connectivity index is 1.58. The molecule has 2 aliphatic carbocycles. The highest BCUT2D eigenvalue weighted by Crippen LogP contribution is 2.48. The van der Waals surface area contributed by atoms with Gasteiger partial charge in [0.25, 0.3) is 7.82 Å². The molecule has 3 fully saturated rings. The normalized spacial score (nSPS) is 32.0. The lowest BCUT2D eigenvalue weighted by molar-refractivity contribution is -0.341. The van der Waals surface area contributed by atoms with Crippen molar-refractivity contribution in [3.63, 3.8) is 0 Å². The van der Waals surface area contributed by atoms with Crippen LogP contribution < -0.4 is 10.00 Å². The maximum atomic E-state index is 13.7. The van der Waals surface area contributed by atoms with E-state index in [9.17, 15) is 90.4 Å². The van der Waals surface area contributed by atoms with E-state index in [4.69, 9.17) is 27.6 Å². The van der Waals surface area contributed by atoms with Crippen LogP contribution in [0.5, 0.6) is 0 Å². The highest BCUT2D eigenvalue weighted by molar-refractivity contribution is 7.47. The Bertz CT molecular complexity index is 1870. The molecule has 1 aliphatic heterocycles. The molecule has 3 rings (SSSR count). The molecule has 1 saturated heterocycles. The van der Waals surface area contributed by atoms with E-state index in [0.717, 1.165) is 64.2 Å². The summed E-state index contributed by atoms with van der Waals surface area (Å²) in [6.07, 6.45) is 0.0391. The van der Waals surface area contributed by atoms with Crippen LogP contribution in [0.3, 0.4) is 0 Å². The lowest BCUT2D eigenvalue weighted by atomic mass is 9.84. The first-order valence-corrected chi connectivity index (χ1v) is 36.1. The summed E-state index contributed by atoms with van der Waals surface area (Å²) in [7, 11) is -11.3. The van der Waals surface area contributed by atoms with Crippen molar-refractivity contribution < 1.29 is 118 Å². The Labute approximate surface area is 517 Å². The lowest BCUT2D eigenvalue weighted by Gasteiger charge is -2.48. The first kappa shape index (κ1) is 80.3. The monoisotopic (exact) mass is 1300 g/mol. The SMILES string of the molecule is CCCCCCCCCCCCCCCCCCCCCCCC([O-])=N[C@@H](COP(=O)([O-])O[C@@H]1[C@H](O)[C@H](O)[C@@H](O)[C@H](O)[C@H]1O[C@@H]1O[C@H](COP(=O)(O)OC2[C@H](O)[C@H](O)C(O)[C@H](O)[C@H]2O)[C@@H](O)[C@H](O)[C@@H]1O)[C@H](O)CCCCCCCCCCCCCCC. The number of aliphatic imine (C=N–C) groups is 1. The number of unbranched alkanes of at least 4 members (excludes halogenated alkanes) is 32. The van der Waals surface area contributed by atoms with Crippen LogP contribution in [0.25, 0.3) is 0 Å². The molecule has 27 heteroatoms. The molecule has 14 N–H and O–H groups in total. The van der Waals surface area contributed by atoms with Gasteiger partial charge in [-0.15, -0.1) is 0 Å². The zero-order valence-electron chi connectivity index (χ0n) is 52.0. The topological polar surface area (TPSA) is 431 Å². The molecule has 25 nitrogen and oxygen atoms in total. The van der Waals surface area contributed by atoms with Crippen molar-refractivity contribution in [1.82, 2.24) is 0 Å². The summed E-state index contributed by atoms with van der Waals surface area (Å²) in [6, 6.07) is -1.40. The van der Waals surface area contributed by atoms with Gasteiger partial charge in [0.05, 0.1) is 25.4 Å². The van der Waals surface area contributed by atoms with Gasteiger partial charge in [-0.05, 0) is 25.2 Å². The van der Waals surface area contributed by atoms with Crippen LogP contribution in [0.4, 0.5) is 0 Å².